The predicted octanol–water partition coefficient (Wildman–Crippen LogP) is 1.02. The van der Waals surface area contributed by atoms with Crippen molar-refractivity contribution >= 4 is 11.8 Å². The van der Waals surface area contributed by atoms with Gasteiger partial charge in [-0.05, 0) is 19.1 Å². The standard InChI is InChI=1S/C12H11NO5/c1-3-18-12(16)11(15)7-4-8(6-13)10(14)9(5-7)17-2/h4-5,14H,3H2,1-2H3. The van der Waals surface area contributed by atoms with Crippen LogP contribution in [0.5, 0.6) is 11.5 Å². The molecule has 6 heteroatoms. The zero-order valence-corrected chi connectivity index (χ0v) is 9.89. The second kappa shape index (κ2) is 5.68. The molecule has 0 aromatic heterocycles. The van der Waals surface area contributed by atoms with Crippen LogP contribution in [-0.2, 0) is 9.53 Å². The number of hydrogen-bond donors (Lipinski definition) is 1. The average molecular weight is 249 g/mol. The maximum Gasteiger partial charge on any atom is 0.379 e. The third-order valence-electron chi connectivity index (χ3n) is 2.14. The van der Waals surface area contributed by atoms with Crippen molar-refractivity contribution in [3.8, 4) is 17.6 Å². The highest BCUT2D eigenvalue weighted by atomic mass is 16.5. The van der Waals surface area contributed by atoms with Crippen LogP contribution in [0.15, 0.2) is 12.1 Å². The van der Waals surface area contributed by atoms with Crippen molar-refractivity contribution in [2.75, 3.05) is 13.7 Å². The summed E-state index contributed by atoms with van der Waals surface area (Å²) in [6.45, 7) is 1.65. The van der Waals surface area contributed by atoms with E-state index >= 15 is 0 Å². The van der Waals surface area contributed by atoms with Gasteiger partial charge in [0.15, 0.2) is 11.5 Å². The van der Waals surface area contributed by atoms with Gasteiger partial charge in [-0.15, -0.1) is 0 Å². The Morgan fingerprint density at radius 1 is 1.44 bits per heavy atom. The number of Topliss-reactive ketones (excluding diaryl/α,β-unsaturated/α-hetero) is 1. The predicted molar refractivity (Wildman–Crippen MR) is 60.3 cm³/mol. The number of benzene rings is 1. The van der Waals surface area contributed by atoms with Crippen molar-refractivity contribution < 1.29 is 24.2 Å². The van der Waals surface area contributed by atoms with Crippen LogP contribution < -0.4 is 4.74 Å². The molecule has 0 aliphatic heterocycles. The Bertz CT molecular complexity index is 530. The van der Waals surface area contributed by atoms with Gasteiger partial charge in [-0.25, -0.2) is 4.79 Å². The maximum absolute atomic E-state index is 11.7. The molecule has 1 rings (SSSR count). The van der Waals surface area contributed by atoms with Crippen molar-refractivity contribution in [1.82, 2.24) is 0 Å². The number of aromatic hydroxyl groups is 1. The molecule has 0 heterocycles. The minimum atomic E-state index is -1.02. The fourth-order valence-corrected chi connectivity index (χ4v) is 1.29. The number of nitrogens with zero attached hydrogens (tertiary/aromatic N) is 1. The highest BCUT2D eigenvalue weighted by Crippen LogP contribution is 2.31. The Morgan fingerprint density at radius 3 is 2.61 bits per heavy atom. The molecule has 1 aromatic rings. The molecular weight excluding hydrogens is 238 g/mol. The van der Waals surface area contributed by atoms with Gasteiger partial charge in [0.25, 0.3) is 5.78 Å². The van der Waals surface area contributed by atoms with E-state index in [1.807, 2.05) is 0 Å². The number of esters is 1. The van der Waals surface area contributed by atoms with Gasteiger partial charge in [-0.3, -0.25) is 4.79 Å². The molecule has 0 unspecified atom stereocenters. The number of phenolic OH excluding ortho intramolecular Hbond substituents is 1. The van der Waals surface area contributed by atoms with E-state index in [4.69, 9.17) is 10.00 Å². The van der Waals surface area contributed by atoms with E-state index in [2.05, 4.69) is 4.74 Å². The fraction of sp³-hybridized carbons (Fsp3) is 0.250. The third kappa shape index (κ3) is 2.58. The van der Waals surface area contributed by atoms with Gasteiger partial charge in [0.1, 0.15) is 6.07 Å². The molecule has 18 heavy (non-hydrogen) atoms. The van der Waals surface area contributed by atoms with E-state index in [-0.39, 0.29) is 29.2 Å². The number of methoxy groups -OCH3 is 1. The van der Waals surface area contributed by atoms with Crippen molar-refractivity contribution in [3.63, 3.8) is 0 Å². The molecule has 0 saturated carbocycles. The normalized spacial score (nSPS) is 9.39. The lowest BCUT2D eigenvalue weighted by Crippen LogP contribution is -2.17. The first-order valence-corrected chi connectivity index (χ1v) is 5.07. The number of ether oxygens (including phenoxy) is 2. The molecule has 0 radical (unpaired) electrons. The van der Waals surface area contributed by atoms with Gasteiger partial charge in [-0.1, -0.05) is 0 Å². The number of carbonyl (C=O) groups excluding carboxylic acids is 2. The first-order chi connectivity index (χ1) is 8.54. The lowest BCUT2D eigenvalue weighted by molar-refractivity contribution is -0.137. The van der Waals surface area contributed by atoms with Crippen LogP contribution in [0.2, 0.25) is 0 Å². The van der Waals surface area contributed by atoms with Crippen LogP contribution in [0.3, 0.4) is 0 Å². The maximum atomic E-state index is 11.7. The van der Waals surface area contributed by atoms with Crippen LogP contribution in [-0.4, -0.2) is 30.6 Å². The Balaban J connectivity index is 3.22. The first kappa shape index (κ1) is 13.5. The molecule has 0 amide bonds. The lowest BCUT2D eigenvalue weighted by Gasteiger charge is -2.07. The second-order valence-corrected chi connectivity index (χ2v) is 3.24. The Kier molecular flexibility index (Phi) is 4.27. The summed E-state index contributed by atoms with van der Waals surface area (Å²) in [5, 5.41) is 18.4. The Labute approximate surface area is 103 Å². The van der Waals surface area contributed by atoms with Crippen LogP contribution >= 0.6 is 0 Å². The second-order valence-electron chi connectivity index (χ2n) is 3.24. The summed E-state index contributed by atoms with van der Waals surface area (Å²) in [4.78, 5) is 22.9. The van der Waals surface area contributed by atoms with Gasteiger partial charge in [0.05, 0.1) is 19.3 Å². The Morgan fingerprint density at radius 2 is 2.11 bits per heavy atom. The molecule has 94 valence electrons. The van der Waals surface area contributed by atoms with E-state index < -0.39 is 11.8 Å². The molecule has 0 fully saturated rings. The molecule has 0 saturated heterocycles. The number of ketones is 1. The van der Waals surface area contributed by atoms with Crippen LogP contribution in [0.25, 0.3) is 0 Å². The monoisotopic (exact) mass is 249 g/mol. The first-order valence-electron chi connectivity index (χ1n) is 5.07. The third-order valence-corrected chi connectivity index (χ3v) is 2.14. The number of nitriles is 1. The van der Waals surface area contributed by atoms with E-state index in [1.165, 1.54) is 13.2 Å². The highest BCUT2D eigenvalue weighted by Gasteiger charge is 2.21. The van der Waals surface area contributed by atoms with Gasteiger partial charge >= 0.3 is 5.97 Å². The average Bonchev–Trinajstić information content (AvgIpc) is 2.38. The summed E-state index contributed by atoms with van der Waals surface area (Å²) < 4.78 is 9.37. The van der Waals surface area contributed by atoms with Crippen LogP contribution in [0, 0.1) is 11.3 Å². The van der Waals surface area contributed by atoms with E-state index in [0.717, 1.165) is 6.07 Å². The summed E-state index contributed by atoms with van der Waals surface area (Å²) in [7, 11) is 1.27. The quantitative estimate of drug-likeness (QED) is 0.486. The molecule has 1 aromatic carbocycles. The molecule has 0 bridgehead atoms. The number of carbonyl (C=O) groups is 2. The van der Waals surface area contributed by atoms with Gasteiger partial charge in [0, 0.05) is 5.56 Å². The lowest BCUT2D eigenvalue weighted by atomic mass is 10.1. The largest absolute Gasteiger partial charge is 0.503 e. The molecular formula is C12H11NO5. The van der Waals surface area contributed by atoms with E-state index in [9.17, 15) is 14.7 Å². The zero-order valence-electron chi connectivity index (χ0n) is 9.89. The molecule has 1 N–H and O–H groups in total. The minimum absolute atomic E-state index is 0.0540. The summed E-state index contributed by atoms with van der Waals surface area (Å²) in [6, 6.07) is 3.99. The molecule has 0 aliphatic carbocycles. The van der Waals surface area contributed by atoms with E-state index in [0.29, 0.717) is 0 Å². The van der Waals surface area contributed by atoms with Crippen molar-refractivity contribution in [1.29, 1.82) is 5.26 Å². The number of hydrogen-bond acceptors (Lipinski definition) is 6. The number of phenols is 1. The molecule has 0 atom stereocenters. The van der Waals surface area contributed by atoms with Crippen molar-refractivity contribution in [3.05, 3.63) is 23.3 Å². The molecule has 0 aliphatic rings. The highest BCUT2D eigenvalue weighted by molar-refractivity contribution is 6.40. The van der Waals surface area contributed by atoms with Crippen molar-refractivity contribution in [2.45, 2.75) is 6.92 Å². The summed E-state index contributed by atoms with van der Waals surface area (Å²) in [6.07, 6.45) is 0. The molecule has 0 spiro atoms. The molecule has 6 nitrogen and oxygen atoms in total. The summed E-state index contributed by atoms with van der Waals surface area (Å²) in [5.41, 5.74) is -0.221. The Hall–Kier alpha value is -2.55. The van der Waals surface area contributed by atoms with Crippen molar-refractivity contribution in [2.24, 2.45) is 0 Å². The number of rotatable bonds is 4. The van der Waals surface area contributed by atoms with Crippen LogP contribution in [0.4, 0.5) is 0 Å². The van der Waals surface area contributed by atoms with Gasteiger partial charge in [-0.2, -0.15) is 5.26 Å². The fourth-order valence-electron chi connectivity index (χ4n) is 1.29. The summed E-state index contributed by atoms with van der Waals surface area (Å²) >= 11 is 0. The smallest absolute Gasteiger partial charge is 0.379 e. The summed E-state index contributed by atoms with van der Waals surface area (Å²) in [5.74, 6) is -2.34. The topological polar surface area (TPSA) is 96.6 Å². The minimum Gasteiger partial charge on any atom is -0.503 e. The van der Waals surface area contributed by atoms with E-state index in [1.54, 1.807) is 13.0 Å². The SMILES string of the molecule is CCOC(=O)C(=O)c1cc(C#N)c(O)c(OC)c1. The van der Waals surface area contributed by atoms with Gasteiger partial charge < -0.3 is 14.6 Å². The van der Waals surface area contributed by atoms with Gasteiger partial charge in [0.2, 0.25) is 0 Å². The zero-order chi connectivity index (χ0) is 13.7. The van der Waals surface area contributed by atoms with Crippen LogP contribution in [0.1, 0.15) is 22.8 Å².